The Labute approximate surface area is 175 Å². The predicted octanol–water partition coefficient (Wildman–Crippen LogP) is 3.48. The first-order valence-electron chi connectivity index (χ1n) is 9.21. The summed E-state index contributed by atoms with van der Waals surface area (Å²) in [5, 5.41) is 51.3. The van der Waals surface area contributed by atoms with Gasteiger partial charge in [-0.2, -0.15) is 0 Å². The minimum absolute atomic E-state index is 0.0102. The molecule has 0 radical (unpaired) electrons. The summed E-state index contributed by atoms with van der Waals surface area (Å²) in [6.07, 6.45) is 0.463. The Kier molecular flexibility index (Phi) is 4.88. The highest BCUT2D eigenvalue weighted by atomic mass is 16.6. The molecule has 4 N–H and O–H groups in total. The van der Waals surface area contributed by atoms with Gasteiger partial charge in [-0.25, -0.2) is 4.99 Å². The van der Waals surface area contributed by atoms with Crippen molar-refractivity contribution in [1.82, 2.24) is 0 Å². The molecule has 0 aliphatic heterocycles. The number of nitro groups is 1. The van der Waals surface area contributed by atoms with Crippen molar-refractivity contribution in [2.75, 3.05) is 6.61 Å². The summed E-state index contributed by atoms with van der Waals surface area (Å²) in [4.78, 5) is 27.5. The van der Waals surface area contributed by atoms with Crippen molar-refractivity contribution in [2.24, 2.45) is 4.99 Å². The van der Waals surface area contributed by atoms with E-state index < -0.39 is 22.2 Å². The number of ketones is 1. The van der Waals surface area contributed by atoms with E-state index in [4.69, 9.17) is 5.11 Å². The SMILES string of the molecule is O=C1C(=Nc2ccc(CCO)cc2)c2cc3cc([N+](=O)[O-])cc(O)c3cc2C(O)=C1O. The third-order valence-electron chi connectivity index (χ3n) is 5.01. The molecule has 0 heterocycles. The molecular formula is C22H16N2O7. The molecule has 31 heavy (non-hydrogen) atoms. The topological polar surface area (TPSA) is 153 Å². The molecule has 3 aromatic rings. The molecule has 0 aromatic heterocycles. The Bertz CT molecular complexity index is 1310. The van der Waals surface area contributed by atoms with Gasteiger partial charge in [-0.3, -0.25) is 14.9 Å². The number of aliphatic hydroxyl groups excluding tert-OH is 3. The number of aromatic hydroxyl groups is 1. The number of allylic oxidation sites excluding steroid dienone is 1. The lowest BCUT2D eigenvalue weighted by molar-refractivity contribution is -0.384. The standard InChI is InChI=1S/C22H16N2O7/c25-6-5-11-1-3-13(4-2-11)23-19-16-8-12-7-14(24(30)31)9-18(26)15(12)10-17(16)20(27)22(29)21(19)28/h1-4,7-10,25-27,29H,5-6H2. The minimum Gasteiger partial charge on any atom is -0.507 e. The van der Waals surface area contributed by atoms with E-state index in [2.05, 4.69) is 4.99 Å². The van der Waals surface area contributed by atoms with Crippen LogP contribution in [0.5, 0.6) is 5.75 Å². The Morgan fingerprint density at radius 3 is 2.29 bits per heavy atom. The number of nitro benzene ring substituents is 1. The van der Waals surface area contributed by atoms with Gasteiger partial charge in [0.1, 0.15) is 11.5 Å². The van der Waals surface area contributed by atoms with Crippen molar-refractivity contribution in [3.8, 4) is 5.75 Å². The number of aliphatic hydroxyl groups is 3. The van der Waals surface area contributed by atoms with E-state index >= 15 is 0 Å². The number of Topliss-reactive ketones (excluding diaryl/α,β-unsaturated/α-hetero) is 1. The third-order valence-corrected chi connectivity index (χ3v) is 5.01. The number of hydrogen-bond donors (Lipinski definition) is 4. The second-order valence-corrected chi connectivity index (χ2v) is 6.97. The van der Waals surface area contributed by atoms with Crippen molar-refractivity contribution >= 4 is 39.4 Å². The molecule has 0 unspecified atom stereocenters. The van der Waals surface area contributed by atoms with Gasteiger partial charge in [-0.1, -0.05) is 12.1 Å². The molecular weight excluding hydrogens is 404 g/mol. The smallest absolute Gasteiger partial charge is 0.273 e. The number of hydrogen-bond acceptors (Lipinski definition) is 8. The van der Waals surface area contributed by atoms with Gasteiger partial charge in [0.25, 0.3) is 5.69 Å². The quantitative estimate of drug-likeness (QED) is 0.372. The van der Waals surface area contributed by atoms with Gasteiger partial charge in [0.2, 0.25) is 11.5 Å². The van der Waals surface area contributed by atoms with Gasteiger partial charge in [0.15, 0.2) is 5.76 Å². The van der Waals surface area contributed by atoms with E-state index in [0.29, 0.717) is 12.1 Å². The fraction of sp³-hybridized carbons (Fsp3) is 0.0909. The van der Waals surface area contributed by atoms with Crippen LogP contribution < -0.4 is 0 Å². The molecule has 0 amide bonds. The van der Waals surface area contributed by atoms with Crippen LogP contribution >= 0.6 is 0 Å². The maximum absolute atomic E-state index is 12.7. The molecule has 0 bridgehead atoms. The molecule has 3 aromatic carbocycles. The highest BCUT2D eigenvalue weighted by Gasteiger charge is 2.32. The van der Waals surface area contributed by atoms with Gasteiger partial charge in [0.05, 0.1) is 16.7 Å². The first-order chi connectivity index (χ1) is 14.8. The molecule has 0 saturated heterocycles. The maximum Gasteiger partial charge on any atom is 0.273 e. The molecule has 4 rings (SSSR count). The largest absolute Gasteiger partial charge is 0.507 e. The zero-order chi connectivity index (χ0) is 22.3. The molecule has 156 valence electrons. The summed E-state index contributed by atoms with van der Waals surface area (Å²) >= 11 is 0. The number of phenolic OH excluding ortho intramolecular Hbond substituents is 1. The molecule has 0 saturated carbocycles. The summed E-state index contributed by atoms with van der Waals surface area (Å²) in [6, 6.07) is 11.7. The van der Waals surface area contributed by atoms with E-state index in [-0.39, 0.29) is 45.7 Å². The van der Waals surface area contributed by atoms with Gasteiger partial charge in [0, 0.05) is 29.2 Å². The van der Waals surface area contributed by atoms with Gasteiger partial charge >= 0.3 is 0 Å². The normalized spacial score (nSPS) is 14.9. The molecule has 1 aliphatic rings. The van der Waals surface area contributed by atoms with Gasteiger partial charge in [-0.05, 0) is 41.6 Å². The van der Waals surface area contributed by atoms with Crippen LogP contribution in [-0.4, -0.2) is 43.5 Å². The van der Waals surface area contributed by atoms with Crippen LogP contribution in [0.1, 0.15) is 16.7 Å². The van der Waals surface area contributed by atoms with Gasteiger partial charge < -0.3 is 20.4 Å². The number of fused-ring (bicyclic) bond motifs is 2. The fourth-order valence-corrected chi connectivity index (χ4v) is 3.45. The number of rotatable bonds is 4. The fourth-order valence-electron chi connectivity index (χ4n) is 3.45. The molecule has 0 spiro atoms. The van der Waals surface area contributed by atoms with Crippen LogP contribution in [0.2, 0.25) is 0 Å². The highest BCUT2D eigenvalue weighted by Crippen LogP contribution is 2.37. The molecule has 9 heteroatoms. The van der Waals surface area contributed by atoms with Gasteiger partial charge in [-0.15, -0.1) is 0 Å². The lowest BCUT2D eigenvalue weighted by atomic mass is 9.89. The molecule has 9 nitrogen and oxygen atoms in total. The zero-order valence-electron chi connectivity index (χ0n) is 15.9. The van der Waals surface area contributed by atoms with Crippen LogP contribution in [0.15, 0.2) is 59.3 Å². The molecule has 0 atom stereocenters. The van der Waals surface area contributed by atoms with E-state index in [1.54, 1.807) is 24.3 Å². The lowest BCUT2D eigenvalue weighted by Gasteiger charge is -2.18. The summed E-state index contributed by atoms with van der Waals surface area (Å²) < 4.78 is 0. The van der Waals surface area contributed by atoms with Crippen molar-refractivity contribution in [2.45, 2.75) is 6.42 Å². The van der Waals surface area contributed by atoms with E-state index in [9.17, 15) is 30.2 Å². The summed E-state index contributed by atoms with van der Waals surface area (Å²) in [5.41, 5.74) is 0.987. The summed E-state index contributed by atoms with van der Waals surface area (Å²) in [6.45, 7) is -0.0102. The van der Waals surface area contributed by atoms with Crippen LogP contribution in [-0.2, 0) is 11.2 Å². The van der Waals surface area contributed by atoms with E-state index in [1.165, 1.54) is 18.2 Å². The molecule has 0 fully saturated rings. The lowest BCUT2D eigenvalue weighted by Crippen LogP contribution is -2.24. The highest BCUT2D eigenvalue weighted by molar-refractivity contribution is 6.54. The van der Waals surface area contributed by atoms with Crippen molar-refractivity contribution < 1.29 is 30.1 Å². The van der Waals surface area contributed by atoms with E-state index in [1.807, 2.05) is 0 Å². The number of carbonyl (C=O) groups excluding carboxylic acids is 1. The number of nitrogens with zero attached hydrogens (tertiary/aromatic N) is 2. The zero-order valence-corrected chi connectivity index (χ0v) is 15.9. The van der Waals surface area contributed by atoms with Crippen molar-refractivity contribution in [3.05, 3.63) is 81.1 Å². The Morgan fingerprint density at radius 1 is 0.935 bits per heavy atom. The minimum atomic E-state index is -0.904. The second-order valence-electron chi connectivity index (χ2n) is 6.97. The number of non-ortho nitro benzene ring substituents is 1. The first-order valence-corrected chi connectivity index (χ1v) is 9.21. The van der Waals surface area contributed by atoms with Crippen LogP contribution in [0.3, 0.4) is 0 Å². The summed E-state index contributed by atoms with van der Waals surface area (Å²) in [5.74, 6) is -2.84. The van der Waals surface area contributed by atoms with Crippen molar-refractivity contribution in [1.29, 1.82) is 0 Å². The average Bonchev–Trinajstić information content (AvgIpc) is 2.75. The van der Waals surface area contributed by atoms with Crippen LogP contribution in [0, 0.1) is 10.1 Å². The monoisotopic (exact) mass is 420 g/mol. The average molecular weight is 420 g/mol. The maximum atomic E-state index is 12.7. The Balaban J connectivity index is 1.94. The Hall–Kier alpha value is -4.24. The number of phenols is 1. The predicted molar refractivity (Wildman–Crippen MR) is 113 cm³/mol. The van der Waals surface area contributed by atoms with Crippen LogP contribution in [0.4, 0.5) is 11.4 Å². The summed E-state index contributed by atoms with van der Waals surface area (Å²) in [7, 11) is 0. The third kappa shape index (κ3) is 3.47. The molecule has 1 aliphatic carbocycles. The van der Waals surface area contributed by atoms with Crippen molar-refractivity contribution in [3.63, 3.8) is 0 Å². The van der Waals surface area contributed by atoms with Crippen LogP contribution in [0.25, 0.3) is 16.5 Å². The first kappa shape index (κ1) is 20.0. The van der Waals surface area contributed by atoms with E-state index in [0.717, 1.165) is 11.6 Å². The number of carbonyl (C=O) groups is 1. The number of benzene rings is 3. The number of aliphatic imine (C=N–C) groups is 1. The second kappa shape index (κ2) is 7.54. The Morgan fingerprint density at radius 2 is 1.65 bits per heavy atom.